The van der Waals surface area contributed by atoms with Crippen LogP contribution in [0.1, 0.15) is 18.9 Å². The minimum absolute atomic E-state index is 0.503. The van der Waals surface area contributed by atoms with E-state index in [9.17, 15) is 0 Å². The van der Waals surface area contributed by atoms with Crippen LogP contribution in [0.15, 0.2) is 152 Å². The maximum atomic E-state index is 5.06. The largest absolute Gasteiger partial charge is 0.217 e. The molecule has 6 aromatic rings. The van der Waals surface area contributed by atoms with Gasteiger partial charge in [0.2, 0.25) is 0 Å². The van der Waals surface area contributed by atoms with Gasteiger partial charge < -0.3 is 0 Å². The summed E-state index contributed by atoms with van der Waals surface area (Å²) in [6, 6.07) is 44.7. The average Bonchev–Trinajstić information content (AvgIpc) is 3.09. The topological polar surface area (TPSA) is 38.7 Å². The predicted molar refractivity (Wildman–Crippen MR) is 178 cm³/mol. The lowest BCUT2D eigenvalue weighted by Crippen LogP contribution is -2.00. The van der Waals surface area contributed by atoms with Gasteiger partial charge in [0.1, 0.15) is 6.33 Å². The van der Waals surface area contributed by atoms with Crippen LogP contribution in [0, 0.1) is 5.92 Å². The van der Waals surface area contributed by atoms with Crippen molar-refractivity contribution in [1.29, 1.82) is 0 Å². The first-order valence-corrected chi connectivity index (χ1v) is 14.7. The highest BCUT2D eigenvalue weighted by Gasteiger charge is 2.15. The van der Waals surface area contributed by atoms with E-state index in [1.165, 1.54) is 16.7 Å². The van der Waals surface area contributed by atoms with E-state index in [-0.39, 0.29) is 0 Å². The van der Waals surface area contributed by atoms with Gasteiger partial charge in [0.15, 0.2) is 11.6 Å². The van der Waals surface area contributed by atoms with Gasteiger partial charge in [-0.1, -0.05) is 116 Å². The second-order valence-corrected chi connectivity index (χ2v) is 11.1. The molecule has 1 aliphatic rings. The van der Waals surface area contributed by atoms with Crippen LogP contribution >= 0.6 is 0 Å². The summed E-state index contributed by atoms with van der Waals surface area (Å²) in [7, 11) is 0. The third kappa shape index (κ3) is 5.84. The minimum atomic E-state index is 0.503. The molecule has 1 aliphatic carbocycles. The van der Waals surface area contributed by atoms with E-state index < -0.39 is 0 Å². The molecule has 0 saturated carbocycles. The first-order chi connectivity index (χ1) is 21.2. The van der Waals surface area contributed by atoms with Gasteiger partial charge >= 0.3 is 0 Å². The molecule has 1 atom stereocenters. The molecule has 5 aromatic carbocycles. The van der Waals surface area contributed by atoms with Crippen molar-refractivity contribution < 1.29 is 0 Å². The molecule has 0 bridgehead atoms. The van der Waals surface area contributed by atoms with E-state index in [1.807, 2.05) is 12.1 Å². The Morgan fingerprint density at radius 1 is 0.488 bits per heavy atom. The first kappa shape index (κ1) is 26.5. The summed E-state index contributed by atoms with van der Waals surface area (Å²) < 4.78 is 0. The lowest BCUT2D eigenvalue weighted by Gasteiger charge is -2.17. The highest BCUT2D eigenvalue weighted by atomic mass is 15.0. The molecule has 43 heavy (non-hydrogen) atoms. The van der Waals surface area contributed by atoms with Crippen LogP contribution in [0.3, 0.4) is 0 Å². The molecule has 206 valence electrons. The quantitative estimate of drug-likeness (QED) is 0.206. The first-order valence-electron chi connectivity index (χ1n) is 14.7. The van der Waals surface area contributed by atoms with Crippen molar-refractivity contribution in [2.24, 2.45) is 5.92 Å². The molecule has 0 radical (unpaired) electrons. The van der Waals surface area contributed by atoms with Gasteiger partial charge in [-0.05, 0) is 93.3 Å². The fourth-order valence-corrected chi connectivity index (χ4v) is 5.72. The van der Waals surface area contributed by atoms with Gasteiger partial charge in [-0.15, -0.1) is 0 Å². The van der Waals surface area contributed by atoms with Crippen LogP contribution in [0.2, 0.25) is 0 Å². The molecule has 0 N–H and O–H groups in total. The lowest BCUT2D eigenvalue weighted by atomic mass is 9.88. The van der Waals surface area contributed by atoms with Gasteiger partial charge in [-0.2, -0.15) is 0 Å². The second kappa shape index (κ2) is 11.8. The van der Waals surface area contributed by atoms with Crippen LogP contribution in [0.25, 0.3) is 61.7 Å². The van der Waals surface area contributed by atoms with Gasteiger partial charge in [0.25, 0.3) is 0 Å². The van der Waals surface area contributed by atoms with Gasteiger partial charge in [-0.25, -0.2) is 15.0 Å². The third-order valence-electron chi connectivity index (χ3n) is 7.93. The molecule has 3 nitrogen and oxygen atoms in total. The Balaban J connectivity index is 1.36. The molecule has 0 amide bonds. The number of hydrogen-bond donors (Lipinski definition) is 0. The van der Waals surface area contributed by atoms with E-state index in [0.29, 0.717) is 17.6 Å². The summed E-state index contributed by atoms with van der Waals surface area (Å²) in [5.41, 5.74) is 11.3. The highest BCUT2D eigenvalue weighted by Crippen LogP contribution is 2.35. The Kier molecular flexibility index (Phi) is 7.29. The number of benzene rings is 5. The highest BCUT2D eigenvalue weighted by molar-refractivity contribution is 5.81. The smallest absolute Gasteiger partial charge is 0.163 e. The summed E-state index contributed by atoms with van der Waals surface area (Å²) in [5.74, 6) is 1.82. The van der Waals surface area contributed by atoms with Crippen LogP contribution in [0.4, 0.5) is 0 Å². The molecule has 3 heteroatoms. The van der Waals surface area contributed by atoms with Crippen LogP contribution in [-0.2, 0) is 0 Å². The van der Waals surface area contributed by atoms with Crippen molar-refractivity contribution in [1.82, 2.24) is 15.0 Å². The molecule has 0 fully saturated rings. The SMILES string of the molecule is C[C@H]1C=CC=C(c2cc(-c3ccccc3)cc(-c3ncnc(-c4cc(-c5ccccc5)cc(-c5ccccc5)c4)n3)c2)C1. The third-order valence-corrected chi connectivity index (χ3v) is 7.93. The Morgan fingerprint density at radius 3 is 1.37 bits per heavy atom. The van der Waals surface area contributed by atoms with E-state index in [2.05, 4.69) is 150 Å². The Morgan fingerprint density at radius 2 is 0.907 bits per heavy atom. The number of hydrogen-bond acceptors (Lipinski definition) is 3. The maximum absolute atomic E-state index is 5.06. The minimum Gasteiger partial charge on any atom is -0.217 e. The van der Waals surface area contributed by atoms with Crippen molar-refractivity contribution >= 4 is 5.57 Å². The van der Waals surface area contributed by atoms with Crippen molar-refractivity contribution in [2.45, 2.75) is 13.3 Å². The normalized spacial score (nSPS) is 14.3. The van der Waals surface area contributed by atoms with Crippen molar-refractivity contribution in [3.8, 4) is 56.2 Å². The molecule has 1 heterocycles. The predicted octanol–water partition coefficient (Wildman–Crippen LogP) is 10.2. The van der Waals surface area contributed by atoms with E-state index >= 15 is 0 Å². The molecule has 1 aromatic heterocycles. The number of aromatic nitrogens is 3. The fourth-order valence-electron chi connectivity index (χ4n) is 5.72. The maximum Gasteiger partial charge on any atom is 0.163 e. The summed E-state index contributed by atoms with van der Waals surface area (Å²) in [6.07, 6.45) is 9.30. The van der Waals surface area contributed by atoms with E-state index in [0.717, 1.165) is 45.4 Å². The molecule has 0 aliphatic heterocycles. The lowest BCUT2D eigenvalue weighted by molar-refractivity contribution is 0.749. The molecular weight excluding hydrogens is 522 g/mol. The summed E-state index contributed by atoms with van der Waals surface area (Å²) in [4.78, 5) is 14.4. The monoisotopic (exact) mass is 553 g/mol. The molecular formula is C40H31N3. The summed E-state index contributed by atoms with van der Waals surface area (Å²) >= 11 is 0. The Hall–Kier alpha value is -5.41. The summed E-state index contributed by atoms with van der Waals surface area (Å²) in [6.45, 7) is 2.26. The molecule has 0 unspecified atom stereocenters. The van der Waals surface area contributed by atoms with Crippen LogP contribution in [-0.4, -0.2) is 15.0 Å². The zero-order valence-electron chi connectivity index (χ0n) is 24.1. The number of rotatable bonds is 6. The van der Waals surface area contributed by atoms with Crippen molar-refractivity contribution in [2.75, 3.05) is 0 Å². The van der Waals surface area contributed by atoms with Crippen molar-refractivity contribution in [3.05, 3.63) is 158 Å². The van der Waals surface area contributed by atoms with Crippen LogP contribution in [0.5, 0.6) is 0 Å². The molecule has 0 saturated heterocycles. The van der Waals surface area contributed by atoms with Gasteiger partial charge in [-0.3, -0.25) is 0 Å². The Labute approximate surface area is 253 Å². The van der Waals surface area contributed by atoms with Crippen LogP contribution < -0.4 is 0 Å². The Bertz CT molecular complexity index is 1880. The fraction of sp³-hybridized carbons (Fsp3) is 0.0750. The standard InChI is InChI=1S/C40H31N3/c1-28-12-11-19-32(20-28)36-22-35(31-17-9-4-10-18-31)25-38(26-36)40-42-27-41-39(43-40)37-23-33(29-13-5-2-6-14-29)21-34(24-37)30-15-7-3-8-16-30/h2-19,21-28H,20H2,1H3/t28-/m0/s1. The van der Waals surface area contributed by atoms with E-state index in [4.69, 9.17) is 4.98 Å². The zero-order chi connectivity index (χ0) is 29.0. The van der Waals surface area contributed by atoms with Crippen molar-refractivity contribution in [3.63, 3.8) is 0 Å². The average molecular weight is 554 g/mol. The molecule has 0 spiro atoms. The van der Waals surface area contributed by atoms with E-state index in [1.54, 1.807) is 6.33 Å². The van der Waals surface area contributed by atoms with Gasteiger partial charge in [0.05, 0.1) is 0 Å². The molecule has 7 rings (SSSR count). The zero-order valence-corrected chi connectivity index (χ0v) is 24.1. The second-order valence-electron chi connectivity index (χ2n) is 11.1. The van der Waals surface area contributed by atoms with Gasteiger partial charge in [0, 0.05) is 11.1 Å². The number of nitrogens with zero attached hydrogens (tertiary/aromatic N) is 3. The summed E-state index contributed by atoms with van der Waals surface area (Å²) in [5, 5.41) is 0. The number of allylic oxidation sites excluding steroid dienone is 4.